The van der Waals surface area contributed by atoms with Crippen LogP contribution in [0.4, 0.5) is 0 Å². The molecule has 0 saturated carbocycles. The number of furan rings is 1. The van der Waals surface area contributed by atoms with Crippen molar-refractivity contribution in [1.82, 2.24) is 9.47 Å². The van der Waals surface area contributed by atoms with Gasteiger partial charge < -0.3 is 18.6 Å². The minimum atomic E-state index is -0.444. The van der Waals surface area contributed by atoms with Crippen LogP contribution in [0.2, 0.25) is 0 Å². The molecule has 2 aromatic heterocycles. The van der Waals surface area contributed by atoms with Crippen LogP contribution in [-0.2, 0) is 18.2 Å². The van der Waals surface area contributed by atoms with Crippen molar-refractivity contribution >= 4 is 11.9 Å². The molecule has 6 heteroatoms. The number of ether oxygens (including phenoxy) is 1. The van der Waals surface area contributed by atoms with Crippen LogP contribution in [0, 0.1) is 0 Å². The first kappa shape index (κ1) is 18.3. The van der Waals surface area contributed by atoms with Gasteiger partial charge in [-0.15, -0.1) is 0 Å². The number of nitrogens with zero attached hydrogens (tertiary/aromatic N) is 2. The lowest BCUT2D eigenvalue weighted by molar-refractivity contribution is 0.0378. The highest BCUT2D eigenvalue weighted by Gasteiger charge is 2.28. The van der Waals surface area contributed by atoms with Crippen LogP contribution >= 0.6 is 0 Å². The second kappa shape index (κ2) is 8.25. The highest BCUT2D eigenvalue weighted by atomic mass is 16.5. The number of aromatic nitrogens is 1. The van der Waals surface area contributed by atoms with Gasteiger partial charge in [0.1, 0.15) is 11.5 Å². The van der Waals surface area contributed by atoms with Crippen molar-refractivity contribution in [3.8, 4) is 0 Å². The van der Waals surface area contributed by atoms with E-state index in [1.807, 2.05) is 41.8 Å². The normalized spacial score (nSPS) is 17.3. The van der Waals surface area contributed by atoms with Gasteiger partial charge >= 0.3 is 5.97 Å². The fourth-order valence-electron chi connectivity index (χ4n) is 3.43. The van der Waals surface area contributed by atoms with Crippen LogP contribution in [0.15, 0.2) is 34.9 Å². The lowest BCUT2D eigenvalue weighted by Crippen LogP contribution is -2.44. The van der Waals surface area contributed by atoms with Crippen LogP contribution in [0.3, 0.4) is 0 Å². The van der Waals surface area contributed by atoms with E-state index >= 15 is 0 Å². The summed E-state index contributed by atoms with van der Waals surface area (Å²) >= 11 is 0. The molecule has 1 unspecified atom stereocenters. The monoisotopic (exact) mass is 358 g/mol. The Morgan fingerprint density at radius 3 is 2.81 bits per heavy atom. The molecule has 3 rings (SSSR count). The molecule has 1 saturated heterocycles. The maximum Gasteiger partial charge on any atom is 0.374 e. The Labute approximate surface area is 153 Å². The first-order valence-electron chi connectivity index (χ1n) is 9.28. The molecule has 26 heavy (non-hydrogen) atoms. The lowest BCUT2D eigenvalue weighted by Gasteiger charge is -2.35. The molecule has 1 aliphatic rings. The topological polar surface area (TPSA) is 64.7 Å². The zero-order valence-corrected chi connectivity index (χ0v) is 15.4. The second-order valence-corrected chi connectivity index (χ2v) is 6.70. The van der Waals surface area contributed by atoms with Gasteiger partial charge in [-0.25, -0.2) is 4.79 Å². The molecule has 2 aromatic rings. The van der Waals surface area contributed by atoms with E-state index in [1.165, 1.54) is 0 Å². The number of carbonyl (C=O) groups excluding carboxylic acids is 2. The van der Waals surface area contributed by atoms with Gasteiger partial charge in [0.2, 0.25) is 5.76 Å². The molecule has 1 fully saturated rings. The molecular weight excluding hydrogens is 332 g/mol. The third-order valence-corrected chi connectivity index (χ3v) is 4.95. The van der Waals surface area contributed by atoms with E-state index in [4.69, 9.17) is 9.15 Å². The Bertz CT molecular complexity index is 761. The highest BCUT2D eigenvalue weighted by Crippen LogP contribution is 2.22. The summed E-state index contributed by atoms with van der Waals surface area (Å²) in [5.41, 5.74) is 0.691. The number of carbonyl (C=O) groups is 2. The molecule has 0 aromatic carbocycles. The first-order valence-corrected chi connectivity index (χ1v) is 9.28. The van der Waals surface area contributed by atoms with Crippen molar-refractivity contribution in [2.24, 2.45) is 7.05 Å². The number of esters is 1. The van der Waals surface area contributed by atoms with Gasteiger partial charge in [0.15, 0.2) is 0 Å². The number of amides is 1. The molecule has 0 bridgehead atoms. The Morgan fingerprint density at radius 1 is 1.27 bits per heavy atom. The average Bonchev–Trinajstić information content (AvgIpc) is 3.30. The van der Waals surface area contributed by atoms with Gasteiger partial charge in [0.25, 0.3) is 5.91 Å². The Morgan fingerprint density at radius 2 is 2.12 bits per heavy atom. The van der Waals surface area contributed by atoms with Gasteiger partial charge in [0, 0.05) is 38.7 Å². The largest absolute Gasteiger partial charge is 0.460 e. The maximum atomic E-state index is 12.8. The average molecular weight is 358 g/mol. The number of hydrogen-bond acceptors (Lipinski definition) is 4. The summed E-state index contributed by atoms with van der Waals surface area (Å²) in [4.78, 5) is 26.8. The number of rotatable bonds is 6. The van der Waals surface area contributed by atoms with Crippen LogP contribution in [-0.4, -0.2) is 40.5 Å². The molecule has 0 N–H and O–H groups in total. The lowest BCUT2D eigenvalue weighted by atomic mass is 9.99. The van der Waals surface area contributed by atoms with E-state index in [9.17, 15) is 9.59 Å². The van der Waals surface area contributed by atoms with Crippen molar-refractivity contribution in [3.05, 3.63) is 47.7 Å². The Balaban J connectivity index is 1.56. The molecule has 0 spiro atoms. The zero-order valence-electron chi connectivity index (χ0n) is 15.4. The minimum Gasteiger partial charge on any atom is -0.460 e. The molecule has 140 valence electrons. The number of piperidine rings is 1. The van der Waals surface area contributed by atoms with Gasteiger partial charge in [-0.05, 0) is 43.5 Å². The number of aryl methyl sites for hydroxylation is 2. The van der Waals surface area contributed by atoms with Gasteiger partial charge in [-0.2, -0.15) is 0 Å². The van der Waals surface area contributed by atoms with Crippen molar-refractivity contribution in [2.45, 2.75) is 45.1 Å². The van der Waals surface area contributed by atoms with Crippen molar-refractivity contribution in [2.75, 3.05) is 13.2 Å². The quantitative estimate of drug-likeness (QED) is 0.742. The summed E-state index contributed by atoms with van der Waals surface area (Å²) in [6.07, 6.45) is 6.30. The molecule has 1 aliphatic heterocycles. The van der Waals surface area contributed by atoms with E-state index in [0.29, 0.717) is 12.1 Å². The Hall–Kier alpha value is -2.50. The third kappa shape index (κ3) is 4.00. The zero-order chi connectivity index (χ0) is 18.5. The molecule has 0 radical (unpaired) electrons. The van der Waals surface area contributed by atoms with Gasteiger partial charge in [-0.3, -0.25) is 4.79 Å². The summed E-state index contributed by atoms with van der Waals surface area (Å²) in [6.45, 7) is 3.00. The van der Waals surface area contributed by atoms with E-state index in [2.05, 4.69) is 0 Å². The summed E-state index contributed by atoms with van der Waals surface area (Å²) in [7, 11) is 1.88. The van der Waals surface area contributed by atoms with Gasteiger partial charge in [0.05, 0.1) is 6.61 Å². The number of likely N-dealkylation sites (tertiary alicyclic amines) is 1. The van der Waals surface area contributed by atoms with Gasteiger partial charge in [-0.1, -0.05) is 6.92 Å². The van der Waals surface area contributed by atoms with Crippen LogP contribution in [0.5, 0.6) is 0 Å². The second-order valence-electron chi connectivity index (χ2n) is 6.70. The van der Waals surface area contributed by atoms with Crippen molar-refractivity contribution < 1.29 is 18.7 Å². The fourth-order valence-corrected chi connectivity index (χ4v) is 3.43. The molecular formula is C20H26N2O4. The summed E-state index contributed by atoms with van der Waals surface area (Å²) in [5.74, 6) is 0.610. The Kier molecular flexibility index (Phi) is 5.81. The molecule has 1 atom stereocenters. The summed E-state index contributed by atoms with van der Waals surface area (Å²) < 4.78 is 12.6. The molecule has 6 nitrogen and oxygen atoms in total. The summed E-state index contributed by atoms with van der Waals surface area (Å²) in [5, 5.41) is 0. The van der Waals surface area contributed by atoms with Crippen molar-refractivity contribution in [3.63, 3.8) is 0 Å². The highest BCUT2D eigenvalue weighted by molar-refractivity contribution is 5.93. The maximum absolute atomic E-state index is 12.8. The molecule has 3 heterocycles. The first-order chi connectivity index (χ1) is 12.6. The third-order valence-electron chi connectivity index (χ3n) is 4.95. The van der Waals surface area contributed by atoms with E-state index in [0.717, 1.165) is 38.0 Å². The minimum absolute atomic E-state index is 0.0483. The van der Waals surface area contributed by atoms with Crippen LogP contribution in [0.25, 0.3) is 0 Å². The SMILES string of the molecule is CCc1ccc(C(=O)OCCC2CCCCN2C(=O)c2cccn2C)o1. The summed E-state index contributed by atoms with van der Waals surface area (Å²) in [6, 6.07) is 7.25. The smallest absolute Gasteiger partial charge is 0.374 e. The van der Waals surface area contributed by atoms with Crippen LogP contribution in [0.1, 0.15) is 59.4 Å². The predicted octanol–water partition coefficient (Wildman–Crippen LogP) is 3.42. The van der Waals surface area contributed by atoms with Crippen LogP contribution < -0.4 is 0 Å². The molecule has 0 aliphatic carbocycles. The van der Waals surface area contributed by atoms with Crippen molar-refractivity contribution in [1.29, 1.82) is 0 Å². The predicted molar refractivity (Wildman–Crippen MR) is 97.1 cm³/mol. The number of hydrogen-bond donors (Lipinski definition) is 0. The van der Waals surface area contributed by atoms with E-state index in [-0.39, 0.29) is 24.3 Å². The standard InChI is InChI=1S/C20H26N2O4/c1-3-16-9-10-18(26-16)20(24)25-14-11-15-7-4-5-13-22(15)19(23)17-8-6-12-21(17)2/h6,8-10,12,15H,3-5,7,11,13-14H2,1-2H3. The van der Waals surface area contributed by atoms with E-state index in [1.54, 1.807) is 12.1 Å². The fraction of sp³-hybridized carbons (Fsp3) is 0.500. The molecule has 1 amide bonds. The van der Waals surface area contributed by atoms with E-state index < -0.39 is 5.97 Å².